The van der Waals surface area contributed by atoms with Gasteiger partial charge in [0.25, 0.3) is 0 Å². The van der Waals surface area contributed by atoms with Gasteiger partial charge in [-0.05, 0) is 34.0 Å². The van der Waals surface area contributed by atoms with Crippen LogP contribution in [0.4, 0.5) is 4.39 Å². The summed E-state index contributed by atoms with van der Waals surface area (Å²) in [6.07, 6.45) is 1.52. The summed E-state index contributed by atoms with van der Waals surface area (Å²) >= 11 is 3.25. The summed E-state index contributed by atoms with van der Waals surface area (Å²) in [6, 6.07) is 2.95. The van der Waals surface area contributed by atoms with Crippen molar-refractivity contribution in [1.29, 1.82) is 0 Å². The number of ether oxygens (including phenoxy) is 1. The minimum absolute atomic E-state index is 0.329. The number of aldehydes is 1. The molecule has 0 aliphatic carbocycles. The highest BCUT2D eigenvalue weighted by Crippen LogP contribution is 2.28. The molecule has 0 fully saturated rings. The number of rotatable bonds is 4. The molecule has 4 heteroatoms. The van der Waals surface area contributed by atoms with Gasteiger partial charge < -0.3 is 9.53 Å². The SMILES string of the molecule is COc1cc(F)c(CCC=O)cc1Br. The van der Waals surface area contributed by atoms with E-state index in [0.29, 0.717) is 28.6 Å². The summed E-state index contributed by atoms with van der Waals surface area (Å²) in [5, 5.41) is 0. The third kappa shape index (κ3) is 2.54. The average molecular weight is 261 g/mol. The highest BCUT2D eigenvalue weighted by atomic mass is 79.9. The average Bonchev–Trinajstić information content (AvgIpc) is 2.18. The van der Waals surface area contributed by atoms with Crippen LogP contribution in [-0.4, -0.2) is 13.4 Å². The Hall–Kier alpha value is -0.900. The van der Waals surface area contributed by atoms with Crippen LogP contribution in [0.15, 0.2) is 16.6 Å². The first-order valence-corrected chi connectivity index (χ1v) is 4.94. The number of hydrogen-bond donors (Lipinski definition) is 0. The fraction of sp³-hybridized carbons (Fsp3) is 0.300. The van der Waals surface area contributed by atoms with E-state index >= 15 is 0 Å². The second kappa shape index (κ2) is 5.10. The maximum absolute atomic E-state index is 13.3. The van der Waals surface area contributed by atoms with Crippen molar-refractivity contribution in [2.45, 2.75) is 12.8 Å². The van der Waals surface area contributed by atoms with E-state index in [1.54, 1.807) is 6.07 Å². The fourth-order valence-electron chi connectivity index (χ4n) is 1.13. The van der Waals surface area contributed by atoms with Crippen LogP contribution >= 0.6 is 15.9 Å². The highest BCUT2D eigenvalue weighted by Gasteiger charge is 2.07. The molecule has 0 saturated carbocycles. The molecule has 0 unspecified atom stereocenters. The molecule has 0 aliphatic rings. The van der Waals surface area contributed by atoms with Gasteiger partial charge in [-0.3, -0.25) is 0 Å². The number of carbonyl (C=O) groups excluding carboxylic acids is 1. The smallest absolute Gasteiger partial charge is 0.135 e. The molecule has 2 nitrogen and oxygen atoms in total. The molecule has 0 aliphatic heterocycles. The van der Waals surface area contributed by atoms with Crippen LogP contribution in [0.1, 0.15) is 12.0 Å². The Kier molecular flexibility index (Phi) is 4.07. The van der Waals surface area contributed by atoms with Crippen molar-refractivity contribution >= 4 is 22.2 Å². The van der Waals surface area contributed by atoms with Gasteiger partial charge in [-0.15, -0.1) is 0 Å². The van der Waals surface area contributed by atoms with Gasteiger partial charge in [0.05, 0.1) is 11.6 Å². The van der Waals surface area contributed by atoms with E-state index in [-0.39, 0.29) is 5.82 Å². The summed E-state index contributed by atoms with van der Waals surface area (Å²) in [5.41, 5.74) is 0.518. The molecule has 0 amide bonds. The lowest BCUT2D eigenvalue weighted by Crippen LogP contribution is -1.94. The molecule has 0 heterocycles. The second-order valence-electron chi connectivity index (χ2n) is 2.78. The predicted molar refractivity (Wildman–Crippen MR) is 55.0 cm³/mol. The highest BCUT2D eigenvalue weighted by molar-refractivity contribution is 9.10. The molecule has 0 bridgehead atoms. The minimum atomic E-state index is -0.341. The van der Waals surface area contributed by atoms with E-state index in [4.69, 9.17) is 4.74 Å². The number of halogens is 2. The molecule has 14 heavy (non-hydrogen) atoms. The summed E-state index contributed by atoms with van der Waals surface area (Å²) in [7, 11) is 1.48. The van der Waals surface area contributed by atoms with E-state index in [9.17, 15) is 9.18 Å². The zero-order valence-electron chi connectivity index (χ0n) is 7.72. The maximum Gasteiger partial charge on any atom is 0.135 e. The van der Waals surface area contributed by atoms with Gasteiger partial charge in [0, 0.05) is 12.5 Å². The largest absolute Gasteiger partial charge is 0.495 e. The van der Waals surface area contributed by atoms with Crippen LogP contribution in [0.3, 0.4) is 0 Å². The van der Waals surface area contributed by atoms with Gasteiger partial charge in [0.2, 0.25) is 0 Å². The normalized spacial score (nSPS) is 9.93. The third-order valence-corrected chi connectivity index (χ3v) is 2.47. The Morgan fingerprint density at radius 1 is 1.57 bits per heavy atom. The number of carbonyl (C=O) groups is 1. The van der Waals surface area contributed by atoms with E-state index in [2.05, 4.69) is 15.9 Å². The molecule has 1 aromatic carbocycles. The van der Waals surface area contributed by atoms with E-state index < -0.39 is 0 Å². The van der Waals surface area contributed by atoms with Crippen LogP contribution in [0.5, 0.6) is 5.75 Å². The van der Waals surface area contributed by atoms with Gasteiger partial charge in [0.1, 0.15) is 17.9 Å². The van der Waals surface area contributed by atoms with E-state index in [0.717, 1.165) is 6.29 Å². The Morgan fingerprint density at radius 2 is 2.29 bits per heavy atom. The van der Waals surface area contributed by atoms with E-state index in [1.165, 1.54) is 13.2 Å². The van der Waals surface area contributed by atoms with Gasteiger partial charge in [-0.25, -0.2) is 4.39 Å². The number of methoxy groups -OCH3 is 1. The quantitative estimate of drug-likeness (QED) is 0.779. The van der Waals surface area contributed by atoms with Crippen molar-refractivity contribution in [3.05, 3.63) is 28.0 Å². The minimum Gasteiger partial charge on any atom is -0.495 e. The third-order valence-electron chi connectivity index (χ3n) is 1.85. The van der Waals surface area contributed by atoms with Crippen molar-refractivity contribution in [2.24, 2.45) is 0 Å². The standard InChI is InChI=1S/C10H10BrFO2/c1-14-10-6-9(12)7(3-2-4-13)5-8(10)11/h4-6H,2-3H2,1H3. The van der Waals surface area contributed by atoms with Gasteiger partial charge in [-0.2, -0.15) is 0 Å². The lowest BCUT2D eigenvalue weighted by Gasteiger charge is -2.06. The topological polar surface area (TPSA) is 26.3 Å². The molecule has 0 radical (unpaired) electrons. The Balaban J connectivity index is 2.96. The van der Waals surface area contributed by atoms with Crippen molar-refractivity contribution in [3.8, 4) is 5.75 Å². The predicted octanol–water partition coefficient (Wildman–Crippen LogP) is 2.73. The lowest BCUT2D eigenvalue weighted by molar-refractivity contribution is -0.107. The first-order valence-electron chi connectivity index (χ1n) is 4.14. The Morgan fingerprint density at radius 3 is 2.86 bits per heavy atom. The molecular formula is C10H10BrFO2. The monoisotopic (exact) mass is 260 g/mol. The van der Waals surface area contributed by atoms with Crippen molar-refractivity contribution in [1.82, 2.24) is 0 Å². The van der Waals surface area contributed by atoms with Gasteiger partial charge >= 0.3 is 0 Å². The van der Waals surface area contributed by atoms with Gasteiger partial charge in [-0.1, -0.05) is 0 Å². The second-order valence-corrected chi connectivity index (χ2v) is 3.64. The van der Waals surface area contributed by atoms with Crippen LogP contribution in [-0.2, 0) is 11.2 Å². The van der Waals surface area contributed by atoms with Crippen molar-refractivity contribution in [3.63, 3.8) is 0 Å². The summed E-state index contributed by atoms with van der Waals surface area (Å²) in [4.78, 5) is 10.1. The first-order chi connectivity index (χ1) is 6.69. The van der Waals surface area contributed by atoms with Crippen LogP contribution in [0.25, 0.3) is 0 Å². The molecule has 0 saturated heterocycles. The van der Waals surface area contributed by atoms with Crippen molar-refractivity contribution in [2.75, 3.05) is 7.11 Å². The lowest BCUT2D eigenvalue weighted by atomic mass is 10.1. The number of hydrogen-bond acceptors (Lipinski definition) is 2. The molecule has 1 aromatic rings. The molecule has 1 rings (SSSR count). The zero-order valence-corrected chi connectivity index (χ0v) is 9.30. The Bertz CT molecular complexity index is 339. The summed E-state index contributed by atoms with van der Waals surface area (Å²) in [6.45, 7) is 0. The zero-order chi connectivity index (χ0) is 10.6. The number of aryl methyl sites for hydroxylation is 1. The maximum atomic E-state index is 13.3. The molecular weight excluding hydrogens is 251 g/mol. The first kappa shape index (κ1) is 11.2. The summed E-state index contributed by atoms with van der Waals surface area (Å²) < 4.78 is 18.9. The molecule has 0 atom stereocenters. The van der Waals surface area contributed by atoms with E-state index in [1.807, 2.05) is 0 Å². The molecule has 0 N–H and O–H groups in total. The molecule has 0 aromatic heterocycles. The number of benzene rings is 1. The molecule has 76 valence electrons. The van der Waals surface area contributed by atoms with Crippen LogP contribution < -0.4 is 4.74 Å². The summed E-state index contributed by atoms with van der Waals surface area (Å²) in [5.74, 6) is 0.115. The molecule has 0 spiro atoms. The fourth-order valence-corrected chi connectivity index (χ4v) is 1.68. The van der Waals surface area contributed by atoms with Crippen LogP contribution in [0.2, 0.25) is 0 Å². The van der Waals surface area contributed by atoms with Gasteiger partial charge in [0.15, 0.2) is 0 Å². The van der Waals surface area contributed by atoms with Crippen LogP contribution in [0, 0.1) is 5.82 Å². The Labute approximate surface area is 90.2 Å². The van der Waals surface area contributed by atoms with Crippen molar-refractivity contribution < 1.29 is 13.9 Å².